The summed E-state index contributed by atoms with van der Waals surface area (Å²) < 4.78 is 5.81. The monoisotopic (exact) mass is 435 g/mol. The minimum absolute atomic E-state index is 0.198. The van der Waals surface area contributed by atoms with Gasteiger partial charge in [0.25, 0.3) is 5.91 Å². The second-order valence-electron chi connectivity index (χ2n) is 6.52. The lowest BCUT2D eigenvalue weighted by Crippen LogP contribution is -2.23. The van der Waals surface area contributed by atoms with Crippen molar-refractivity contribution in [2.24, 2.45) is 0 Å². The van der Waals surface area contributed by atoms with Crippen LogP contribution in [0.4, 0.5) is 0 Å². The van der Waals surface area contributed by atoms with Gasteiger partial charge < -0.3 is 10.1 Å². The molecular weight excluding hydrogens is 418 g/mol. The number of aromatic nitrogens is 2. The minimum Gasteiger partial charge on any atom is -0.489 e. The zero-order valence-corrected chi connectivity index (χ0v) is 17.5. The number of nitrogens with one attached hydrogen (secondary N) is 1. The van der Waals surface area contributed by atoms with Gasteiger partial charge in [0.1, 0.15) is 23.1 Å². The van der Waals surface area contributed by atoms with Crippen LogP contribution in [0.5, 0.6) is 5.75 Å². The van der Waals surface area contributed by atoms with Gasteiger partial charge in [-0.2, -0.15) is 0 Å². The van der Waals surface area contributed by atoms with Gasteiger partial charge in [-0.1, -0.05) is 23.7 Å². The summed E-state index contributed by atoms with van der Waals surface area (Å²) in [6.45, 7) is 0.881. The molecule has 1 N–H and O–H groups in total. The van der Waals surface area contributed by atoms with Gasteiger partial charge in [0, 0.05) is 34.9 Å². The maximum absolute atomic E-state index is 12.3. The molecule has 7 heteroatoms. The molecule has 0 fully saturated rings. The quantitative estimate of drug-likeness (QED) is 0.424. The number of benzene rings is 2. The van der Waals surface area contributed by atoms with E-state index in [4.69, 9.17) is 16.3 Å². The van der Waals surface area contributed by atoms with Crippen molar-refractivity contribution in [3.63, 3.8) is 0 Å². The Morgan fingerprint density at radius 2 is 1.83 bits per heavy atom. The Labute approximate surface area is 183 Å². The number of halogens is 1. The fraction of sp³-hybridized carbons (Fsp3) is 0.0870. The number of rotatable bonds is 7. The van der Waals surface area contributed by atoms with E-state index < -0.39 is 0 Å². The van der Waals surface area contributed by atoms with Gasteiger partial charge in [0.2, 0.25) is 0 Å². The first-order valence-electron chi connectivity index (χ1n) is 9.28. The lowest BCUT2D eigenvalue weighted by atomic mass is 10.2. The number of ether oxygens (including phenoxy) is 1. The third-order valence-corrected chi connectivity index (χ3v) is 5.46. The summed E-state index contributed by atoms with van der Waals surface area (Å²) in [5, 5.41) is 6.11. The van der Waals surface area contributed by atoms with Crippen LogP contribution < -0.4 is 10.1 Å². The highest BCUT2D eigenvalue weighted by molar-refractivity contribution is 7.13. The fourth-order valence-electron chi connectivity index (χ4n) is 2.77. The standard InChI is InChI=1S/C23H18ClN3O2S/c24-19-3-1-2-17(12-19)14-29-20-6-4-18(5-7-20)23-27-21(15-30-23)22(28)26-13-16-8-10-25-11-9-16/h1-12,15H,13-14H2,(H,26,28). The zero-order valence-electron chi connectivity index (χ0n) is 15.9. The van der Waals surface area contributed by atoms with Gasteiger partial charge >= 0.3 is 0 Å². The highest BCUT2D eigenvalue weighted by atomic mass is 35.5. The SMILES string of the molecule is O=C(NCc1ccncc1)c1csc(-c2ccc(OCc3cccc(Cl)c3)cc2)n1. The first-order chi connectivity index (χ1) is 14.7. The molecule has 0 aliphatic heterocycles. The van der Waals surface area contributed by atoms with E-state index >= 15 is 0 Å². The normalized spacial score (nSPS) is 10.6. The van der Waals surface area contributed by atoms with Crippen LogP contribution in [-0.2, 0) is 13.2 Å². The summed E-state index contributed by atoms with van der Waals surface area (Å²) in [4.78, 5) is 20.8. The van der Waals surface area contributed by atoms with Crippen LogP contribution in [0.15, 0.2) is 78.4 Å². The smallest absolute Gasteiger partial charge is 0.271 e. The van der Waals surface area contributed by atoms with Crippen molar-refractivity contribution < 1.29 is 9.53 Å². The maximum atomic E-state index is 12.3. The summed E-state index contributed by atoms with van der Waals surface area (Å²) >= 11 is 7.43. The van der Waals surface area contributed by atoms with E-state index in [1.807, 2.05) is 60.7 Å². The Hall–Kier alpha value is -3.22. The molecule has 0 bridgehead atoms. The van der Waals surface area contributed by atoms with Crippen molar-refractivity contribution in [1.82, 2.24) is 15.3 Å². The first kappa shape index (κ1) is 20.1. The third-order valence-electron chi connectivity index (χ3n) is 4.34. The van der Waals surface area contributed by atoms with Crippen molar-refractivity contribution in [2.45, 2.75) is 13.2 Å². The highest BCUT2D eigenvalue weighted by Crippen LogP contribution is 2.26. The first-order valence-corrected chi connectivity index (χ1v) is 10.5. The van der Waals surface area contributed by atoms with Crippen LogP contribution in [0.3, 0.4) is 0 Å². The van der Waals surface area contributed by atoms with E-state index in [0.29, 0.717) is 23.9 Å². The number of carbonyl (C=O) groups excluding carboxylic acids is 1. The van der Waals surface area contributed by atoms with Crippen LogP contribution in [0.2, 0.25) is 5.02 Å². The van der Waals surface area contributed by atoms with Crippen molar-refractivity contribution >= 4 is 28.8 Å². The van der Waals surface area contributed by atoms with E-state index in [-0.39, 0.29) is 5.91 Å². The fourth-order valence-corrected chi connectivity index (χ4v) is 3.79. The molecule has 0 saturated heterocycles. The van der Waals surface area contributed by atoms with Crippen molar-refractivity contribution in [2.75, 3.05) is 0 Å². The molecule has 0 spiro atoms. The van der Waals surface area contributed by atoms with E-state index in [9.17, 15) is 4.79 Å². The molecule has 0 aliphatic carbocycles. The molecule has 30 heavy (non-hydrogen) atoms. The van der Waals surface area contributed by atoms with Gasteiger partial charge in [-0.3, -0.25) is 9.78 Å². The predicted molar refractivity (Wildman–Crippen MR) is 119 cm³/mol. The number of hydrogen-bond acceptors (Lipinski definition) is 5. The summed E-state index contributed by atoms with van der Waals surface area (Å²) in [6.07, 6.45) is 3.40. The van der Waals surface area contributed by atoms with Gasteiger partial charge in [-0.05, 0) is 59.7 Å². The largest absolute Gasteiger partial charge is 0.489 e. The average molecular weight is 436 g/mol. The van der Waals surface area contributed by atoms with Crippen LogP contribution in [-0.4, -0.2) is 15.9 Å². The molecule has 1 amide bonds. The van der Waals surface area contributed by atoms with Crippen LogP contribution in [0.25, 0.3) is 10.6 Å². The van der Waals surface area contributed by atoms with Crippen molar-refractivity contribution in [1.29, 1.82) is 0 Å². The molecule has 0 atom stereocenters. The molecule has 4 rings (SSSR count). The van der Waals surface area contributed by atoms with Gasteiger partial charge in [-0.15, -0.1) is 11.3 Å². The Bertz CT molecular complexity index is 1130. The number of pyridine rings is 1. The second kappa shape index (κ2) is 9.52. The molecular formula is C23H18ClN3O2S. The van der Waals surface area contributed by atoms with Gasteiger partial charge in [0.05, 0.1) is 0 Å². The highest BCUT2D eigenvalue weighted by Gasteiger charge is 2.12. The molecule has 0 saturated carbocycles. The van der Waals surface area contributed by atoms with E-state index in [1.54, 1.807) is 17.8 Å². The van der Waals surface area contributed by atoms with E-state index in [1.165, 1.54) is 11.3 Å². The summed E-state index contributed by atoms with van der Waals surface area (Å²) in [5.41, 5.74) is 3.34. The average Bonchev–Trinajstić information content (AvgIpc) is 3.28. The van der Waals surface area contributed by atoms with E-state index in [2.05, 4.69) is 15.3 Å². The number of hydrogen-bond donors (Lipinski definition) is 1. The van der Waals surface area contributed by atoms with E-state index in [0.717, 1.165) is 27.4 Å². The molecule has 0 radical (unpaired) electrons. The molecule has 5 nitrogen and oxygen atoms in total. The third kappa shape index (κ3) is 5.23. The second-order valence-corrected chi connectivity index (χ2v) is 7.81. The molecule has 2 heterocycles. The Kier molecular flexibility index (Phi) is 6.37. The Morgan fingerprint density at radius 1 is 1.03 bits per heavy atom. The number of nitrogens with zero attached hydrogens (tertiary/aromatic N) is 2. The van der Waals surface area contributed by atoms with Gasteiger partial charge in [0.15, 0.2) is 0 Å². The number of carbonyl (C=O) groups is 1. The Morgan fingerprint density at radius 3 is 2.60 bits per heavy atom. The molecule has 0 unspecified atom stereocenters. The molecule has 4 aromatic rings. The van der Waals surface area contributed by atoms with Crippen molar-refractivity contribution in [3.8, 4) is 16.3 Å². The van der Waals surface area contributed by atoms with Crippen LogP contribution in [0.1, 0.15) is 21.6 Å². The minimum atomic E-state index is -0.198. The predicted octanol–water partition coefficient (Wildman–Crippen LogP) is 5.37. The summed E-state index contributed by atoms with van der Waals surface area (Å²) in [5.74, 6) is 0.557. The lowest BCUT2D eigenvalue weighted by molar-refractivity contribution is 0.0946. The molecule has 2 aromatic heterocycles. The maximum Gasteiger partial charge on any atom is 0.271 e. The molecule has 150 valence electrons. The lowest BCUT2D eigenvalue weighted by Gasteiger charge is -2.07. The summed E-state index contributed by atoms with van der Waals surface area (Å²) in [7, 11) is 0. The van der Waals surface area contributed by atoms with Crippen LogP contribution in [0, 0.1) is 0 Å². The van der Waals surface area contributed by atoms with Crippen LogP contribution >= 0.6 is 22.9 Å². The number of thiazole rings is 1. The van der Waals surface area contributed by atoms with Gasteiger partial charge in [-0.25, -0.2) is 4.98 Å². The molecule has 2 aromatic carbocycles. The molecule has 0 aliphatic rings. The Balaban J connectivity index is 1.35. The zero-order chi connectivity index (χ0) is 20.8. The topological polar surface area (TPSA) is 64.1 Å². The van der Waals surface area contributed by atoms with Crippen molar-refractivity contribution in [3.05, 3.63) is 100 Å². The summed E-state index contributed by atoms with van der Waals surface area (Å²) in [6, 6.07) is 19.0. The number of amides is 1.